The Hall–Kier alpha value is -5.81. The number of aromatic nitrogens is 2. The zero-order valence-electron chi connectivity index (χ0n) is 24.2. The number of nitrogens with zero attached hydrogens (tertiary/aromatic N) is 5. The molecule has 0 saturated heterocycles. The Balaban J connectivity index is 1.40. The lowest BCUT2D eigenvalue weighted by molar-refractivity contribution is 0.481. The smallest absolute Gasteiger partial charge is 0.294 e. The average molecular weight is 677 g/mol. The van der Waals surface area contributed by atoms with E-state index in [4.69, 9.17) is 25.0 Å². The predicted octanol–water partition coefficient (Wildman–Crippen LogP) is 3.61. The van der Waals surface area contributed by atoms with E-state index in [0.29, 0.717) is 61.1 Å². The summed E-state index contributed by atoms with van der Waals surface area (Å²) >= 11 is 0. The van der Waals surface area contributed by atoms with Gasteiger partial charge in [-0.3, -0.25) is 9.11 Å². The van der Waals surface area contributed by atoms with Gasteiger partial charge in [0.05, 0.1) is 9.79 Å². The van der Waals surface area contributed by atoms with Gasteiger partial charge in [0.15, 0.2) is 11.7 Å². The maximum absolute atomic E-state index is 12.1. The molecule has 48 heavy (non-hydrogen) atoms. The summed E-state index contributed by atoms with van der Waals surface area (Å²) in [6.07, 6.45) is -0.669. The third kappa shape index (κ3) is 4.42. The summed E-state index contributed by atoms with van der Waals surface area (Å²) < 4.78 is 68.1. The fraction of sp³-hybridized carbons (Fsp3) is 0.0312. The minimum atomic E-state index is -4.52. The summed E-state index contributed by atoms with van der Waals surface area (Å²) in [5, 5.41) is 5.21. The second-order valence-electron chi connectivity index (χ2n) is 11.3. The van der Waals surface area contributed by atoms with Gasteiger partial charge >= 0.3 is 0 Å². The summed E-state index contributed by atoms with van der Waals surface area (Å²) in [6.45, 7) is 0. The largest absolute Gasteiger partial charge is 0.344 e. The number of aliphatic imine (C=N–C) groups is 3. The summed E-state index contributed by atoms with van der Waals surface area (Å²) in [5.74, 6) is 1.68. The number of hydrogen-bond acceptors (Lipinski definition) is 10. The fourth-order valence-electron chi connectivity index (χ4n) is 6.18. The molecule has 0 amide bonds. The van der Waals surface area contributed by atoms with Gasteiger partial charge in [-0.05, 0) is 36.4 Å². The Morgan fingerprint density at radius 2 is 1.17 bits per heavy atom. The van der Waals surface area contributed by atoms with Crippen LogP contribution < -0.4 is 16.3 Å². The maximum Gasteiger partial charge on any atom is 0.294 e. The SMILES string of the molecule is O=S(=O)(O)c1ccc2c3[nH]c(c2c1)N=C1N=C(N=c2[nH]c(c4cc(S(=O)(=O)O)ccc24)=NC2NC(=N3)c3ccccc32)c2ccccc21. The highest BCUT2D eigenvalue weighted by molar-refractivity contribution is 7.86. The molecule has 236 valence electrons. The van der Waals surface area contributed by atoms with E-state index in [1.807, 2.05) is 48.5 Å². The standard InChI is InChI=1S/C32H20N8O6S2/c41-47(42,43)15-9-11-21-23(13-15)32-38-28-20-8-4-2-6-18(20)26(34-28)36-30-22-12-10-16(48(44,45)46)14-24(22)31(40-30)37-27-19-7-3-1-5-17(19)25(33-27)35-29(21)39-32/h1-14,27,39H,(H,33,35)(H,41,42,43)(H,44,45,46)(H,34,36,37,38,40). The highest BCUT2D eigenvalue weighted by Gasteiger charge is 2.28. The van der Waals surface area contributed by atoms with E-state index < -0.39 is 26.4 Å². The van der Waals surface area contributed by atoms with Crippen LogP contribution in [-0.4, -0.2) is 53.4 Å². The lowest BCUT2D eigenvalue weighted by Gasteiger charge is -2.06. The summed E-state index contributed by atoms with van der Waals surface area (Å²) in [6, 6.07) is 23.1. The van der Waals surface area contributed by atoms with Crippen molar-refractivity contribution in [3.8, 4) is 0 Å². The predicted molar refractivity (Wildman–Crippen MR) is 176 cm³/mol. The first-order chi connectivity index (χ1) is 23.0. The first-order valence-electron chi connectivity index (χ1n) is 14.4. The molecule has 0 aliphatic carbocycles. The number of nitrogens with one attached hydrogen (secondary N) is 3. The molecule has 1 atom stereocenters. The minimum absolute atomic E-state index is 0.259. The van der Waals surface area contributed by atoms with Crippen LogP contribution in [0.5, 0.6) is 0 Å². The molecule has 16 heteroatoms. The van der Waals surface area contributed by atoms with Gasteiger partial charge in [0.25, 0.3) is 20.2 Å². The Labute approximate surface area is 270 Å². The lowest BCUT2D eigenvalue weighted by atomic mass is 10.1. The Morgan fingerprint density at radius 3 is 1.88 bits per heavy atom. The van der Waals surface area contributed by atoms with Crippen LogP contribution in [0.15, 0.2) is 120 Å². The number of fused-ring (bicyclic) bond motifs is 19. The molecule has 1 unspecified atom stereocenters. The molecule has 0 radical (unpaired) electrons. The van der Waals surface area contributed by atoms with Gasteiger partial charge in [-0.25, -0.2) is 25.0 Å². The van der Waals surface area contributed by atoms with E-state index in [0.717, 1.165) is 11.1 Å². The minimum Gasteiger partial charge on any atom is -0.344 e. The maximum atomic E-state index is 12.1. The Kier molecular flexibility index (Phi) is 5.83. The summed E-state index contributed by atoms with van der Waals surface area (Å²) in [4.78, 5) is 30.1. The monoisotopic (exact) mass is 676 g/mol. The van der Waals surface area contributed by atoms with Crippen molar-refractivity contribution in [3.63, 3.8) is 0 Å². The van der Waals surface area contributed by atoms with Crippen LogP contribution >= 0.6 is 0 Å². The van der Waals surface area contributed by atoms with Crippen LogP contribution in [0.3, 0.4) is 0 Å². The zero-order valence-corrected chi connectivity index (χ0v) is 25.9. The second kappa shape index (κ2) is 9.85. The van der Waals surface area contributed by atoms with Gasteiger partial charge in [-0.15, -0.1) is 0 Å². The van der Waals surface area contributed by atoms with Gasteiger partial charge in [-0.2, -0.15) is 16.8 Å². The molecular formula is C32H20N8O6S2. The van der Waals surface area contributed by atoms with Crippen LogP contribution in [0.25, 0.3) is 21.5 Å². The Morgan fingerprint density at radius 1 is 0.562 bits per heavy atom. The van der Waals surface area contributed by atoms with Gasteiger partial charge in [0.2, 0.25) is 0 Å². The van der Waals surface area contributed by atoms with Crippen LogP contribution in [-0.2, 0) is 20.2 Å². The van der Waals surface area contributed by atoms with Crippen molar-refractivity contribution in [2.75, 3.05) is 0 Å². The van der Waals surface area contributed by atoms with E-state index in [9.17, 15) is 25.9 Å². The quantitative estimate of drug-likeness (QED) is 0.172. The van der Waals surface area contributed by atoms with E-state index >= 15 is 0 Å². The number of benzene rings is 4. The summed E-state index contributed by atoms with van der Waals surface area (Å²) in [5.41, 5.74) is 3.51. The molecule has 5 heterocycles. The molecule has 14 nitrogen and oxygen atoms in total. The first kappa shape index (κ1) is 28.4. The van der Waals surface area contributed by atoms with Crippen molar-refractivity contribution >= 4 is 70.9 Å². The highest BCUT2D eigenvalue weighted by Crippen LogP contribution is 2.38. The number of H-pyrrole nitrogens is 2. The van der Waals surface area contributed by atoms with Crippen LogP contribution in [0, 0.1) is 0 Å². The highest BCUT2D eigenvalue weighted by atomic mass is 32.2. The summed E-state index contributed by atoms with van der Waals surface area (Å²) in [7, 11) is -9.04. The average Bonchev–Trinajstić information content (AvgIpc) is 3.79. The molecule has 8 bridgehead atoms. The van der Waals surface area contributed by atoms with E-state index in [2.05, 4.69) is 15.3 Å². The van der Waals surface area contributed by atoms with Crippen molar-refractivity contribution in [1.29, 1.82) is 0 Å². The van der Waals surface area contributed by atoms with Crippen molar-refractivity contribution in [3.05, 3.63) is 118 Å². The molecule has 2 aromatic heterocycles. The molecule has 0 fully saturated rings. The second-order valence-corrected chi connectivity index (χ2v) is 14.1. The van der Waals surface area contributed by atoms with Crippen molar-refractivity contribution in [1.82, 2.24) is 15.3 Å². The molecule has 0 saturated carbocycles. The molecule has 5 N–H and O–H groups in total. The fourth-order valence-corrected chi connectivity index (χ4v) is 7.19. The Bertz CT molecular complexity index is 2890. The van der Waals surface area contributed by atoms with E-state index in [1.165, 1.54) is 24.3 Å². The molecule has 4 aromatic carbocycles. The van der Waals surface area contributed by atoms with E-state index in [1.54, 1.807) is 12.1 Å². The number of aromatic amines is 2. The third-order valence-electron chi connectivity index (χ3n) is 8.39. The third-order valence-corrected chi connectivity index (χ3v) is 10.1. The number of rotatable bonds is 2. The van der Waals surface area contributed by atoms with Gasteiger partial charge in [0, 0.05) is 43.8 Å². The molecular weight excluding hydrogens is 657 g/mol. The molecule has 3 aliphatic heterocycles. The molecule has 6 aromatic rings. The molecule has 0 spiro atoms. The van der Waals surface area contributed by atoms with Crippen LogP contribution in [0.2, 0.25) is 0 Å². The van der Waals surface area contributed by atoms with Crippen LogP contribution in [0.4, 0.5) is 11.6 Å². The van der Waals surface area contributed by atoms with Crippen molar-refractivity contribution < 1.29 is 25.9 Å². The number of hydrogen-bond donors (Lipinski definition) is 5. The number of amidine groups is 3. The van der Waals surface area contributed by atoms with Crippen LogP contribution in [0.1, 0.15) is 28.4 Å². The van der Waals surface area contributed by atoms with Gasteiger partial charge in [0.1, 0.15) is 34.6 Å². The molecule has 3 aliphatic rings. The van der Waals surface area contributed by atoms with E-state index in [-0.39, 0.29) is 21.4 Å². The lowest BCUT2D eigenvalue weighted by Crippen LogP contribution is -2.22. The van der Waals surface area contributed by atoms with Gasteiger partial charge in [-0.1, -0.05) is 48.5 Å². The zero-order chi connectivity index (χ0) is 32.9. The molecule has 9 rings (SSSR count). The topological polar surface area (TPSA) is 214 Å². The van der Waals surface area contributed by atoms with Crippen molar-refractivity contribution in [2.45, 2.75) is 16.0 Å². The first-order valence-corrected chi connectivity index (χ1v) is 17.3. The van der Waals surface area contributed by atoms with Gasteiger partial charge < -0.3 is 15.3 Å². The van der Waals surface area contributed by atoms with Crippen molar-refractivity contribution in [2.24, 2.45) is 25.0 Å². The normalized spacial score (nSPS) is 16.7.